The van der Waals surface area contributed by atoms with E-state index in [0.717, 1.165) is 0 Å². The molecule has 0 radical (unpaired) electrons. The van der Waals surface area contributed by atoms with Crippen LogP contribution in [0.1, 0.15) is 11.1 Å². The number of nitrogens with one attached hydrogen (secondary N) is 1. The molecule has 7 nitrogen and oxygen atoms in total. The molecule has 0 aliphatic carbocycles. The second-order valence-electron chi connectivity index (χ2n) is 3.86. The maximum atomic E-state index is 12.0. The van der Waals surface area contributed by atoms with Crippen molar-refractivity contribution < 1.29 is 27.9 Å². The van der Waals surface area contributed by atoms with Crippen LogP contribution in [0.4, 0.5) is 0 Å². The number of aliphatic carboxylic acids is 1. The fourth-order valence-electron chi connectivity index (χ4n) is 1.66. The minimum absolute atomic E-state index is 0.0405. The Morgan fingerprint density at radius 1 is 1.32 bits per heavy atom. The van der Waals surface area contributed by atoms with Crippen LogP contribution >= 0.6 is 0 Å². The first-order valence-corrected chi connectivity index (χ1v) is 6.77. The van der Waals surface area contributed by atoms with Crippen LogP contribution in [0.25, 0.3) is 0 Å². The molecule has 1 rings (SSSR count). The molecule has 0 fully saturated rings. The molecule has 0 saturated heterocycles. The van der Waals surface area contributed by atoms with Gasteiger partial charge in [0.15, 0.2) is 6.61 Å². The molecule has 2 N–H and O–H groups in total. The number of methoxy groups -OCH3 is 1. The van der Waals surface area contributed by atoms with Crippen molar-refractivity contribution in [2.45, 2.75) is 18.7 Å². The van der Waals surface area contributed by atoms with Crippen molar-refractivity contribution in [1.82, 2.24) is 4.89 Å². The number of ether oxygens (including phenoxy) is 1. The molecule has 0 aliphatic heterocycles. The zero-order valence-corrected chi connectivity index (χ0v) is 11.6. The Hall–Kier alpha value is -1.64. The maximum Gasteiger partial charge on any atom is 0.331 e. The molecule has 106 valence electrons. The van der Waals surface area contributed by atoms with Crippen LogP contribution < -0.4 is 9.62 Å². The van der Waals surface area contributed by atoms with Gasteiger partial charge in [-0.3, -0.25) is 4.84 Å². The van der Waals surface area contributed by atoms with Crippen molar-refractivity contribution in [2.75, 3.05) is 13.7 Å². The van der Waals surface area contributed by atoms with Gasteiger partial charge in [-0.2, -0.15) is 0 Å². The molecule has 0 unspecified atom stereocenters. The smallest absolute Gasteiger partial charge is 0.331 e. The van der Waals surface area contributed by atoms with Gasteiger partial charge in [0.05, 0.1) is 12.0 Å². The zero-order chi connectivity index (χ0) is 14.6. The lowest BCUT2D eigenvalue weighted by atomic mass is 10.1. The van der Waals surface area contributed by atoms with E-state index in [1.54, 1.807) is 30.9 Å². The summed E-state index contributed by atoms with van der Waals surface area (Å²) < 4.78 is 29.0. The number of rotatable bonds is 6. The van der Waals surface area contributed by atoms with Gasteiger partial charge in [0.2, 0.25) is 0 Å². The van der Waals surface area contributed by atoms with Crippen LogP contribution in [0.15, 0.2) is 17.0 Å². The standard InChI is InChI=1S/C11H15NO6S/c1-7-4-9(17-3)5-8(2)11(7)19(15,16)12-18-6-10(13)14/h4-5,12H,6H2,1-3H3,(H,13,14). The molecule has 0 heterocycles. The third-order valence-electron chi connectivity index (χ3n) is 2.30. The lowest BCUT2D eigenvalue weighted by Gasteiger charge is -2.13. The lowest BCUT2D eigenvalue weighted by Crippen LogP contribution is -2.28. The summed E-state index contributed by atoms with van der Waals surface area (Å²) in [5, 5.41) is 8.38. The first-order valence-electron chi connectivity index (χ1n) is 5.28. The summed E-state index contributed by atoms with van der Waals surface area (Å²) >= 11 is 0. The second kappa shape index (κ2) is 6.00. The largest absolute Gasteiger partial charge is 0.497 e. The van der Waals surface area contributed by atoms with E-state index in [0.29, 0.717) is 16.9 Å². The molecule has 19 heavy (non-hydrogen) atoms. The fraction of sp³-hybridized carbons (Fsp3) is 0.364. The number of benzene rings is 1. The van der Waals surface area contributed by atoms with Gasteiger partial charge in [-0.25, -0.2) is 13.2 Å². The molecule has 0 aliphatic rings. The molecule has 0 spiro atoms. The van der Waals surface area contributed by atoms with Gasteiger partial charge in [0.1, 0.15) is 5.75 Å². The summed E-state index contributed by atoms with van der Waals surface area (Å²) in [5.74, 6) is -0.730. The average molecular weight is 289 g/mol. The van der Waals surface area contributed by atoms with Crippen molar-refractivity contribution in [3.8, 4) is 5.75 Å². The number of carboxylic acid groups (broad SMARTS) is 1. The quantitative estimate of drug-likeness (QED) is 0.744. The number of hydrogen-bond donors (Lipinski definition) is 2. The normalized spacial score (nSPS) is 11.3. The molecule has 0 saturated carbocycles. The van der Waals surface area contributed by atoms with E-state index in [2.05, 4.69) is 4.84 Å². The number of carboxylic acids is 1. The number of sulfonamides is 1. The Kier molecular flexibility index (Phi) is 4.87. The molecular weight excluding hydrogens is 274 g/mol. The van der Waals surface area contributed by atoms with Gasteiger partial charge in [-0.1, -0.05) is 4.89 Å². The Morgan fingerprint density at radius 2 is 1.84 bits per heavy atom. The van der Waals surface area contributed by atoms with Gasteiger partial charge in [0, 0.05) is 0 Å². The summed E-state index contributed by atoms with van der Waals surface area (Å²) in [6, 6.07) is 3.14. The Balaban J connectivity index is 3.04. The van der Waals surface area contributed by atoms with E-state index < -0.39 is 22.6 Å². The summed E-state index contributed by atoms with van der Waals surface area (Å²) in [6.45, 7) is 2.47. The van der Waals surface area contributed by atoms with Gasteiger partial charge in [-0.05, 0) is 37.1 Å². The van der Waals surface area contributed by atoms with E-state index in [1.807, 2.05) is 0 Å². The van der Waals surface area contributed by atoms with Crippen LogP contribution in [0.3, 0.4) is 0 Å². The summed E-state index contributed by atoms with van der Waals surface area (Å²) in [5.41, 5.74) is 0.951. The summed E-state index contributed by atoms with van der Waals surface area (Å²) in [6.07, 6.45) is 0. The Bertz CT molecular complexity index is 558. The Morgan fingerprint density at radius 3 is 2.26 bits per heavy atom. The van der Waals surface area contributed by atoms with Crippen molar-refractivity contribution in [2.24, 2.45) is 0 Å². The molecular formula is C11H15NO6S. The van der Waals surface area contributed by atoms with Crippen LogP contribution in [-0.4, -0.2) is 33.2 Å². The van der Waals surface area contributed by atoms with Crippen LogP contribution in [-0.2, 0) is 19.7 Å². The minimum Gasteiger partial charge on any atom is -0.497 e. The number of aryl methyl sites for hydroxylation is 2. The monoisotopic (exact) mass is 289 g/mol. The van der Waals surface area contributed by atoms with Crippen molar-refractivity contribution in [3.63, 3.8) is 0 Å². The van der Waals surface area contributed by atoms with E-state index in [1.165, 1.54) is 7.11 Å². The van der Waals surface area contributed by atoms with Crippen molar-refractivity contribution in [3.05, 3.63) is 23.3 Å². The molecule has 1 aromatic carbocycles. The van der Waals surface area contributed by atoms with Crippen LogP contribution in [0.5, 0.6) is 5.75 Å². The first-order chi connectivity index (χ1) is 8.77. The van der Waals surface area contributed by atoms with Gasteiger partial charge >= 0.3 is 5.97 Å². The maximum absolute atomic E-state index is 12.0. The number of hydrogen-bond acceptors (Lipinski definition) is 5. The van der Waals surface area contributed by atoms with E-state index in [9.17, 15) is 13.2 Å². The highest BCUT2D eigenvalue weighted by Crippen LogP contribution is 2.25. The second-order valence-corrected chi connectivity index (χ2v) is 5.44. The first kappa shape index (κ1) is 15.4. The molecule has 1 aromatic rings. The van der Waals surface area contributed by atoms with Gasteiger partial charge < -0.3 is 9.84 Å². The molecule has 0 amide bonds. The van der Waals surface area contributed by atoms with Crippen molar-refractivity contribution >= 4 is 16.0 Å². The lowest BCUT2D eigenvalue weighted by molar-refractivity contribution is -0.143. The topological polar surface area (TPSA) is 102 Å². The highest BCUT2D eigenvalue weighted by atomic mass is 32.2. The van der Waals surface area contributed by atoms with Gasteiger partial charge in [0.25, 0.3) is 10.0 Å². The number of carbonyl (C=O) groups is 1. The summed E-state index contributed by atoms with van der Waals surface area (Å²) in [7, 11) is -2.45. The van der Waals surface area contributed by atoms with E-state index in [-0.39, 0.29) is 4.90 Å². The molecule has 0 atom stereocenters. The highest BCUT2D eigenvalue weighted by Gasteiger charge is 2.21. The molecule has 0 aromatic heterocycles. The zero-order valence-electron chi connectivity index (χ0n) is 10.8. The highest BCUT2D eigenvalue weighted by molar-refractivity contribution is 7.89. The SMILES string of the molecule is COc1cc(C)c(S(=O)(=O)NOCC(=O)O)c(C)c1. The van der Waals surface area contributed by atoms with Crippen LogP contribution in [0, 0.1) is 13.8 Å². The molecule has 0 bridgehead atoms. The van der Waals surface area contributed by atoms with E-state index >= 15 is 0 Å². The third-order valence-corrected chi connectivity index (χ3v) is 3.82. The van der Waals surface area contributed by atoms with E-state index in [4.69, 9.17) is 9.84 Å². The Labute approximate surface area is 111 Å². The van der Waals surface area contributed by atoms with Crippen LogP contribution in [0.2, 0.25) is 0 Å². The average Bonchev–Trinajstić information content (AvgIpc) is 2.26. The molecule has 8 heteroatoms. The fourth-order valence-corrected chi connectivity index (χ4v) is 2.93. The minimum atomic E-state index is -3.93. The predicted octanol–water partition coefficient (Wildman–Crippen LogP) is 0.607. The summed E-state index contributed by atoms with van der Waals surface area (Å²) in [4.78, 5) is 16.5. The van der Waals surface area contributed by atoms with Crippen molar-refractivity contribution in [1.29, 1.82) is 0 Å². The third kappa shape index (κ3) is 3.91. The van der Waals surface area contributed by atoms with Gasteiger partial charge in [-0.15, -0.1) is 0 Å². The predicted molar refractivity (Wildman–Crippen MR) is 66.4 cm³/mol.